The highest BCUT2D eigenvalue weighted by molar-refractivity contribution is 6.36. The Morgan fingerprint density at radius 2 is 1.95 bits per heavy atom. The molecule has 5 heteroatoms. The van der Waals surface area contributed by atoms with E-state index in [0.717, 1.165) is 17.8 Å². The summed E-state index contributed by atoms with van der Waals surface area (Å²) in [6, 6.07) is 5.57. The molecule has 0 unspecified atom stereocenters. The van der Waals surface area contributed by atoms with Gasteiger partial charge in [0.2, 0.25) is 0 Å². The van der Waals surface area contributed by atoms with Crippen LogP contribution in [-0.2, 0) is 6.54 Å². The summed E-state index contributed by atoms with van der Waals surface area (Å²) in [5.41, 5.74) is 3.15. The molecule has 1 aliphatic rings. The third-order valence-corrected chi connectivity index (χ3v) is 4.31. The second-order valence-electron chi connectivity index (χ2n) is 5.23. The third kappa shape index (κ3) is 3.00. The molecule has 0 saturated carbocycles. The van der Waals surface area contributed by atoms with Crippen LogP contribution < -0.4 is 0 Å². The van der Waals surface area contributed by atoms with E-state index < -0.39 is 0 Å². The van der Waals surface area contributed by atoms with E-state index in [9.17, 15) is 0 Å². The lowest BCUT2D eigenvalue weighted by Crippen LogP contribution is -2.29. The van der Waals surface area contributed by atoms with Crippen LogP contribution in [0.4, 0.5) is 0 Å². The van der Waals surface area contributed by atoms with Crippen molar-refractivity contribution >= 4 is 23.2 Å². The first-order valence-electron chi connectivity index (χ1n) is 6.94. The minimum absolute atomic E-state index is 0.649. The van der Waals surface area contributed by atoms with Crippen molar-refractivity contribution in [3.63, 3.8) is 0 Å². The quantitative estimate of drug-likeness (QED) is 0.913. The molecule has 0 radical (unpaired) electrons. The minimum Gasteiger partial charge on any atom is -0.299 e. The van der Waals surface area contributed by atoms with Crippen LogP contribution in [0.15, 0.2) is 24.4 Å². The van der Waals surface area contributed by atoms with Crippen molar-refractivity contribution < 1.29 is 0 Å². The van der Waals surface area contributed by atoms with E-state index in [4.69, 9.17) is 23.2 Å². The normalized spacial score (nSPS) is 16.5. The van der Waals surface area contributed by atoms with Crippen molar-refractivity contribution in [1.29, 1.82) is 0 Å². The van der Waals surface area contributed by atoms with Gasteiger partial charge in [0, 0.05) is 22.7 Å². The topological polar surface area (TPSA) is 31.9 Å². The van der Waals surface area contributed by atoms with Crippen LogP contribution in [0.25, 0.3) is 11.3 Å². The fourth-order valence-corrected chi connectivity index (χ4v) is 3.22. The Balaban J connectivity index is 1.85. The SMILES string of the molecule is Clc1ccc(-c2[nH]ncc2CN2CCCCC2)c(Cl)c1. The molecule has 0 aliphatic carbocycles. The molecule has 1 aromatic heterocycles. The average Bonchev–Trinajstić information content (AvgIpc) is 2.88. The number of nitrogens with one attached hydrogen (secondary N) is 1. The molecule has 3 nitrogen and oxygen atoms in total. The number of aromatic amines is 1. The predicted molar refractivity (Wildman–Crippen MR) is 83.2 cm³/mol. The first kappa shape index (κ1) is 13.9. The van der Waals surface area contributed by atoms with Gasteiger partial charge in [-0.25, -0.2) is 0 Å². The van der Waals surface area contributed by atoms with Crippen LogP contribution >= 0.6 is 23.2 Å². The van der Waals surface area contributed by atoms with Crippen LogP contribution in [0, 0.1) is 0 Å². The lowest BCUT2D eigenvalue weighted by molar-refractivity contribution is 0.221. The molecule has 0 amide bonds. The summed E-state index contributed by atoms with van der Waals surface area (Å²) in [6.07, 6.45) is 5.82. The number of H-pyrrole nitrogens is 1. The van der Waals surface area contributed by atoms with E-state index in [1.807, 2.05) is 18.3 Å². The van der Waals surface area contributed by atoms with Crippen LogP contribution in [0.3, 0.4) is 0 Å². The third-order valence-electron chi connectivity index (χ3n) is 3.76. The Morgan fingerprint density at radius 3 is 2.70 bits per heavy atom. The number of benzene rings is 1. The van der Waals surface area contributed by atoms with Gasteiger partial charge in [-0.3, -0.25) is 10.00 Å². The Bertz CT molecular complexity index is 589. The summed E-state index contributed by atoms with van der Waals surface area (Å²) in [5, 5.41) is 8.56. The van der Waals surface area contributed by atoms with Gasteiger partial charge in [-0.15, -0.1) is 0 Å². The van der Waals surface area contributed by atoms with Gasteiger partial charge in [0.25, 0.3) is 0 Å². The number of hydrogen-bond acceptors (Lipinski definition) is 2. The van der Waals surface area contributed by atoms with Gasteiger partial charge in [-0.05, 0) is 44.1 Å². The van der Waals surface area contributed by atoms with Gasteiger partial charge in [-0.1, -0.05) is 29.6 Å². The Kier molecular flexibility index (Phi) is 4.29. The smallest absolute Gasteiger partial charge is 0.0710 e. The van der Waals surface area contributed by atoms with E-state index in [1.54, 1.807) is 6.07 Å². The molecule has 1 N–H and O–H groups in total. The first-order valence-corrected chi connectivity index (χ1v) is 7.69. The van der Waals surface area contributed by atoms with Crippen molar-refractivity contribution in [2.45, 2.75) is 25.8 Å². The number of aromatic nitrogens is 2. The van der Waals surface area contributed by atoms with E-state index in [2.05, 4.69) is 15.1 Å². The molecule has 2 aromatic rings. The van der Waals surface area contributed by atoms with Gasteiger partial charge in [0.1, 0.15) is 0 Å². The first-order chi connectivity index (χ1) is 9.74. The highest BCUT2D eigenvalue weighted by Gasteiger charge is 2.16. The number of hydrogen-bond donors (Lipinski definition) is 1. The molecule has 1 fully saturated rings. The fourth-order valence-electron chi connectivity index (χ4n) is 2.71. The maximum Gasteiger partial charge on any atom is 0.0710 e. The summed E-state index contributed by atoms with van der Waals surface area (Å²) in [5.74, 6) is 0. The molecule has 1 aliphatic heterocycles. The van der Waals surface area contributed by atoms with Gasteiger partial charge < -0.3 is 0 Å². The Morgan fingerprint density at radius 1 is 1.15 bits per heavy atom. The monoisotopic (exact) mass is 309 g/mol. The summed E-state index contributed by atoms with van der Waals surface area (Å²) in [4.78, 5) is 2.47. The molecular formula is C15H17Cl2N3. The van der Waals surface area contributed by atoms with Crippen molar-refractivity contribution in [3.05, 3.63) is 40.0 Å². The molecule has 3 rings (SSSR count). The molecule has 1 aromatic carbocycles. The summed E-state index contributed by atoms with van der Waals surface area (Å²) in [7, 11) is 0. The average molecular weight is 310 g/mol. The van der Waals surface area contributed by atoms with E-state index in [-0.39, 0.29) is 0 Å². The fraction of sp³-hybridized carbons (Fsp3) is 0.400. The largest absolute Gasteiger partial charge is 0.299 e. The van der Waals surface area contributed by atoms with Crippen LogP contribution in [-0.4, -0.2) is 28.2 Å². The van der Waals surface area contributed by atoms with Gasteiger partial charge in [0.05, 0.1) is 16.9 Å². The lowest BCUT2D eigenvalue weighted by atomic mass is 10.1. The van der Waals surface area contributed by atoms with Crippen molar-refractivity contribution in [1.82, 2.24) is 15.1 Å². The summed E-state index contributed by atoms with van der Waals surface area (Å²) in [6.45, 7) is 3.25. The number of likely N-dealkylation sites (tertiary alicyclic amines) is 1. The maximum atomic E-state index is 6.29. The zero-order chi connectivity index (χ0) is 13.9. The van der Waals surface area contributed by atoms with E-state index in [1.165, 1.54) is 37.9 Å². The number of halogens is 2. The summed E-state index contributed by atoms with van der Waals surface area (Å²) >= 11 is 12.2. The summed E-state index contributed by atoms with van der Waals surface area (Å²) < 4.78 is 0. The molecule has 2 heterocycles. The molecule has 20 heavy (non-hydrogen) atoms. The zero-order valence-corrected chi connectivity index (χ0v) is 12.7. The van der Waals surface area contributed by atoms with Crippen molar-refractivity contribution in [2.24, 2.45) is 0 Å². The minimum atomic E-state index is 0.649. The molecule has 1 saturated heterocycles. The number of nitrogens with zero attached hydrogens (tertiary/aromatic N) is 2. The molecule has 0 spiro atoms. The predicted octanol–water partition coefficient (Wildman–Crippen LogP) is 4.37. The number of rotatable bonds is 3. The van der Waals surface area contributed by atoms with E-state index in [0.29, 0.717) is 10.0 Å². The second kappa shape index (κ2) is 6.17. The highest BCUT2D eigenvalue weighted by Crippen LogP contribution is 2.31. The lowest BCUT2D eigenvalue weighted by Gasteiger charge is -2.26. The Labute approximate surface area is 128 Å². The van der Waals surface area contributed by atoms with Crippen molar-refractivity contribution in [2.75, 3.05) is 13.1 Å². The molecule has 0 atom stereocenters. The molecule has 0 bridgehead atoms. The second-order valence-corrected chi connectivity index (χ2v) is 6.07. The standard InChI is InChI=1S/C15H17Cl2N3/c16-12-4-5-13(14(17)8-12)15-11(9-18-19-15)10-20-6-2-1-3-7-20/h4-5,8-9H,1-3,6-7,10H2,(H,18,19). The van der Waals surface area contributed by atoms with Crippen molar-refractivity contribution in [3.8, 4) is 11.3 Å². The molecule has 106 valence electrons. The zero-order valence-electron chi connectivity index (χ0n) is 11.2. The van der Waals surface area contributed by atoms with Gasteiger partial charge in [-0.2, -0.15) is 5.10 Å². The van der Waals surface area contributed by atoms with Crippen LogP contribution in [0.1, 0.15) is 24.8 Å². The maximum absolute atomic E-state index is 6.29. The Hall–Kier alpha value is -1.03. The van der Waals surface area contributed by atoms with E-state index >= 15 is 0 Å². The van der Waals surface area contributed by atoms with Crippen LogP contribution in [0.5, 0.6) is 0 Å². The highest BCUT2D eigenvalue weighted by atomic mass is 35.5. The molecular weight excluding hydrogens is 293 g/mol. The van der Waals surface area contributed by atoms with Gasteiger partial charge >= 0.3 is 0 Å². The van der Waals surface area contributed by atoms with Gasteiger partial charge in [0.15, 0.2) is 0 Å². The number of piperidine rings is 1. The van der Waals surface area contributed by atoms with Crippen LogP contribution in [0.2, 0.25) is 10.0 Å².